The lowest BCUT2D eigenvalue weighted by Gasteiger charge is -2.33. The molecule has 2 aromatic rings. The molecule has 0 bridgehead atoms. The highest BCUT2D eigenvalue weighted by Crippen LogP contribution is 2.44. The molecule has 0 amide bonds. The lowest BCUT2D eigenvalue weighted by atomic mass is 9.85. The van der Waals surface area contributed by atoms with Crippen LogP contribution in [0.4, 0.5) is 8.63 Å². The summed E-state index contributed by atoms with van der Waals surface area (Å²) < 4.78 is 39.0. The molecule has 0 saturated carbocycles. The number of nitrogens with zero attached hydrogens (tertiary/aromatic N) is 2. The molecule has 2 aromatic heterocycles. The molecule has 0 unspecified atom stereocenters. The van der Waals surface area contributed by atoms with Crippen LogP contribution < -0.4 is 0 Å². The minimum absolute atomic E-state index is 0.556. The van der Waals surface area contributed by atoms with Crippen molar-refractivity contribution in [1.82, 2.24) is 4.48 Å². The Morgan fingerprint density at radius 3 is 2.42 bits per heavy atom. The SMILES string of the molecule is CC1=CC(C)=[N+]2C1=C(c1ccc(C)o1)c1c(C)cc(C)n1[B-]2(F)F. The molecule has 0 atom stereocenters. The van der Waals surface area contributed by atoms with Crippen molar-refractivity contribution < 1.29 is 17.5 Å². The number of furan rings is 1. The van der Waals surface area contributed by atoms with Crippen LogP contribution in [0.15, 0.2) is 40.0 Å². The fourth-order valence-electron chi connectivity index (χ4n) is 4.10. The summed E-state index contributed by atoms with van der Waals surface area (Å²) in [5.74, 6) is 1.39. The third-order valence-corrected chi connectivity index (χ3v) is 4.92. The zero-order valence-corrected chi connectivity index (χ0v) is 14.4. The average molecular weight is 328 g/mol. The van der Waals surface area contributed by atoms with Crippen molar-refractivity contribution in [1.29, 1.82) is 0 Å². The van der Waals surface area contributed by atoms with Gasteiger partial charge in [0, 0.05) is 24.3 Å². The zero-order valence-electron chi connectivity index (χ0n) is 14.4. The maximum Gasteiger partial charge on any atom is 0.737 e. The van der Waals surface area contributed by atoms with E-state index in [4.69, 9.17) is 4.42 Å². The molecule has 0 radical (unpaired) electrons. The molecule has 6 heteroatoms. The predicted molar refractivity (Wildman–Crippen MR) is 91.4 cm³/mol. The van der Waals surface area contributed by atoms with Gasteiger partial charge in [0.25, 0.3) is 0 Å². The third-order valence-electron chi connectivity index (χ3n) is 4.92. The smallest absolute Gasteiger partial charge is 0.461 e. The Hall–Kier alpha value is -2.37. The van der Waals surface area contributed by atoms with Crippen molar-refractivity contribution in [2.75, 3.05) is 0 Å². The largest absolute Gasteiger partial charge is 0.737 e. The van der Waals surface area contributed by atoms with Gasteiger partial charge in [-0.2, -0.15) is 0 Å². The topological polar surface area (TPSA) is 21.1 Å². The van der Waals surface area contributed by atoms with Gasteiger partial charge < -0.3 is 22.0 Å². The number of aryl methyl sites for hydroxylation is 3. The molecule has 4 rings (SSSR count). The molecule has 4 heterocycles. The van der Waals surface area contributed by atoms with Crippen molar-refractivity contribution in [3.63, 3.8) is 0 Å². The Labute approximate surface area is 139 Å². The van der Waals surface area contributed by atoms with Crippen molar-refractivity contribution in [3.05, 3.63) is 64.0 Å². The van der Waals surface area contributed by atoms with E-state index in [1.807, 2.05) is 45.0 Å². The van der Waals surface area contributed by atoms with Crippen molar-refractivity contribution in [2.45, 2.75) is 34.6 Å². The van der Waals surface area contributed by atoms with Crippen molar-refractivity contribution in [3.8, 4) is 0 Å². The summed E-state index contributed by atoms with van der Waals surface area (Å²) in [7, 11) is 0. The highest BCUT2D eigenvalue weighted by molar-refractivity contribution is 6.58. The average Bonchev–Trinajstić information content (AvgIpc) is 3.10. The van der Waals surface area contributed by atoms with Gasteiger partial charge in [-0.05, 0) is 57.2 Å². The van der Waals surface area contributed by atoms with Gasteiger partial charge in [0.1, 0.15) is 22.8 Å². The van der Waals surface area contributed by atoms with Crippen LogP contribution in [0.1, 0.15) is 42.3 Å². The molecular formula is C18H19BF2N2O. The molecule has 0 aromatic carbocycles. The molecule has 0 fully saturated rings. The second-order valence-corrected chi connectivity index (χ2v) is 6.75. The Kier molecular flexibility index (Phi) is 2.90. The van der Waals surface area contributed by atoms with Crippen LogP contribution in [0.5, 0.6) is 0 Å². The number of allylic oxidation sites excluding steroid dienone is 2. The standard InChI is InChI=1S/C18H19BF2N2O/c1-10-8-12(3)22-17(10)16(15-7-6-14(5)24-15)18-11(2)9-13(4)23(18)19(22,20)21/h6-9H,1-5H3. The molecule has 0 N–H and O–H groups in total. The molecule has 0 spiro atoms. The highest BCUT2D eigenvalue weighted by atomic mass is 19.2. The summed E-state index contributed by atoms with van der Waals surface area (Å²) in [6.45, 7) is 5.15. The Balaban J connectivity index is 2.19. The number of fused-ring (bicyclic) bond motifs is 2. The second-order valence-electron chi connectivity index (χ2n) is 6.75. The van der Waals surface area contributed by atoms with E-state index in [2.05, 4.69) is 0 Å². The first kappa shape index (κ1) is 15.2. The Morgan fingerprint density at radius 2 is 1.79 bits per heavy atom. The van der Waals surface area contributed by atoms with Gasteiger partial charge in [-0.1, -0.05) is 0 Å². The second kappa shape index (κ2) is 4.59. The van der Waals surface area contributed by atoms with Gasteiger partial charge >= 0.3 is 6.97 Å². The minimum Gasteiger partial charge on any atom is -0.461 e. The van der Waals surface area contributed by atoms with E-state index in [-0.39, 0.29) is 0 Å². The van der Waals surface area contributed by atoms with Gasteiger partial charge in [0.2, 0.25) is 0 Å². The third kappa shape index (κ3) is 1.74. The van der Waals surface area contributed by atoms with Crippen molar-refractivity contribution in [2.24, 2.45) is 0 Å². The summed E-state index contributed by atoms with van der Waals surface area (Å²) in [4.78, 5) is 0. The first-order chi connectivity index (χ1) is 11.2. The number of halogens is 2. The van der Waals surface area contributed by atoms with Gasteiger partial charge in [0.15, 0.2) is 5.70 Å². The number of aromatic nitrogens is 1. The molecule has 0 saturated heterocycles. The normalized spacial score (nSPS) is 18.9. The number of rotatable bonds is 1. The van der Waals surface area contributed by atoms with Crippen LogP contribution >= 0.6 is 0 Å². The lowest BCUT2D eigenvalue weighted by molar-refractivity contribution is -0.363. The van der Waals surface area contributed by atoms with E-state index in [1.165, 1.54) is 8.96 Å². The summed E-state index contributed by atoms with van der Waals surface area (Å²) in [6, 6.07) is 5.54. The monoisotopic (exact) mass is 328 g/mol. The van der Waals surface area contributed by atoms with Crippen LogP contribution in [0, 0.1) is 20.8 Å². The van der Waals surface area contributed by atoms with Crippen LogP contribution in [0.2, 0.25) is 0 Å². The molecule has 3 nitrogen and oxygen atoms in total. The summed E-state index contributed by atoms with van der Waals surface area (Å²) in [5, 5.41) is 0. The van der Waals surface area contributed by atoms with Crippen LogP contribution in [0.3, 0.4) is 0 Å². The maximum absolute atomic E-state index is 15.4. The number of hydrogen-bond acceptors (Lipinski definition) is 1. The number of hydrogen-bond donors (Lipinski definition) is 0. The Bertz CT molecular complexity index is 989. The Morgan fingerprint density at radius 1 is 1.08 bits per heavy atom. The van der Waals surface area contributed by atoms with Crippen LogP contribution in [-0.4, -0.2) is 21.6 Å². The van der Waals surface area contributed by atoms with Crippen LogP contribution in [0.25, 0.3) is 5.57 Å². The van der Waals surface area contributed by atoms with E-state index in [0.717, 1.165) is 22.5 Å². The summed E-state index contributed by atoms with van der Waals surface area (Å²) in [5.41, 5.74) is 4.65. The zero-order chi connectivity index (χ0) is 17.4. The summed E-state index contributed by atoms with van der Waals surface area (Å²) in [6.07, 6.45) is 1.82. The first-order valence-electron chi connectivity index (χ1n) is 8.07. The molecule has 0 aliphatic carbocycles. The lowest BCUT2D eigenvalue weighted by Crippen LogP contribution is -2.51. The molecule has 2 aliphatic heterocycles. The van der Waals surface area contributed by atoms with Crippen LogP contribution in [-0.2, 0) is 0 Å². The quantitative estimate of drug-likeness (QED) is 0.709. The fraction of sp³-hybridized carbons (Fsp3) is 0.278. The summed E-state index contributed by atoms with van der Waals surface area (Å²) >= 11 is 0. The van der Waals surface area contributed by atoms with E-state index in [1.54, 1.807) is 13.8 Å². The van der Waals surface area contributed by atoms with E-state index < -0.39 is 6.97 Å². The first-order valence-corrected chi connectivity index (χ1v) is 8.07. The van der Waals surface area contributed by atoms with E-state index in [9.17, 15) is 0 Å². The maximum atomic E-state index is 15.4. The predicted octanol–water partition coefficient (Wildman–Crippen LogP) is 4.44. The molecular weight excluding hydrogens is 309 g/mol. The van der Waals surface area contributed by atoms with Gasteiger partial charge in [0.05, 0.1) is 0 Å². The minimum atomic E-state index is -3.92. The fourth-order valence-corrected chi connectivity index (χ4v) is 4.10. The molecule has 2 aliphatic rings. The van der Waals surface area contributed by atoms with Gasteiger partial charge in [-0.3, -0.25) is 0 Å². The molecule has 24 heavy (non-hydrogen) atoms. The highest BCUT2D eigenvalue weighted by Gasteiger charge is 2.55. The van der Waals surface area contributed by atoms with Crippen molar-refractivity contribution >= 4 is 18.3 Å². The van der Waals surface area contributed by atoms with Gasteiger partial charge in [-0.25, -0.2) is 0 Å². The molecule has 124 valence electrons. The van der Waals surface area contributed by atoms with E-state index >= 15 is 8.63 Å². The van der Waals surface area contributed by atoms with E-state index in [0.29, 0.717) is 28.6 Å². The van der Waals surface area contributed by atoms with Gasteiger partial charge in [-0.15, -0.1) is 0 Å².